The maximum absolute atomic E-state index is 2.38. The van der Waals surface area contributed by atoms with E-state index in [9.17, 15) is 0 Å². The molecule has 0 amide bonds. The van der Waals surface area contributed by atoms with Crippen LogP contribution < -0.4 is 4.90 Å². The minimum atomic E-state index is 0.893. The Morgan fingerprint density at radius 1 is 0.431 bits per heavy atom. The number of rotatable bonds is 6. The molecule has 9 aromatic rings. The monoisotopic (exact) mass is 705 g/mol. The van der Waals surface area contributed by atoms with Gasteiger partial charge in [0.25, 0.3) is 0 Å². The van der Waals surface area contributed by atoms with Crippen molar-refractivity contribution < 1.29 is 0 Å². The summed E-state index contributed by atoms with van der Waals surface area (Å²) in [5.41, 5.74) is 8.44. The molecular formula is C47H31NS3. The molecule has 0 unspecified atom stereocenters. The molecule has 242 valence electrons. The van der Waals surface area contributed by atoms with Crippen LogP contribution in [0.5, 0.6) is 0 Å². The first-order valence-electron chi connectivity index (χ1n) is 17.2. The number of thiophene rings is 3. The highest BCUT2D eigenvalue weighted by molar-refractivity contribution is 7.25. The topological polar surface area (TPSA) is 3.24 Å². The second kappa shape index (κ2) is 12.7. The van der Waals surface area contributed by atoms with E-state index >= 15 is 0 Å². The zero-order chi connectivity index (χ0) is 33.7. The summed E-state index contributed by atoms with van der Waals surface area (Å²) in [5.74, 6) is 0. The average molecular weight is 706 g/mol. The van der Waals surface area contributed by atoms with Gasteiger partial charge in [0.2, 0.25) is 0 Å². The van der Waals surface area contributed by atoms with Gasteiger partial charge in [-0.1, -0.05) is 97.1 Å². The standard InChI is InChI=1S/C47H31NS3/c1-4-13-42-35(8-1)29-46(49-42)32-10-7-11-37(24-18-32)48(39-25-19-33(20-26-39)47-30-36-9-2-5-14-43(36)50-47)38-22-16-31(17-23-38)34-21-27-45-41(28-34)40-12-3-6-15-44(40)51-45/h1-9,11-30H,10H2. The second-order valence-corrected chi connectivity index (χ2v) is 16.2. The van der Waals surface area contributed by atoms with E-state index < -0.39 is 0 Å². The Balaban J connectivity index is 1.04. The third-order valence-corrected chi connectivity index (χ3v) is 13.3. The van der Waals surface area contributed by atoms with Gasteiger partial charge in [0.05, 0.1) is 0 Å². The molecule has 0 radical (unpaired) electrons. The smallest absolute Gasteiger partial charge is 0.0462 e. The van der Waals surface area contributed by atoms with Crippen LogP contribution in [0.3, 0.4) is 0 Å². The molecule has 0 bridgehead atoms. The number of benzene rings is 6. The van der Waals surface area contributed by atoms with Crippen LogP contribution in [-0.2, 0) is 0 Å². The van der Waals surface area contributed by atoms with Crippen LogP contribution in [0.15, 0.2) is 182 Å². The van der Waals surface area contributed by atoms with E-state index in [1.54, 1.807) is 0 Å². The van der Waals surface area contributed by atoms with Gasteiger partial charge in [-0.05, 0) is 118 Å². The van der Waals surface area contributed by atoms with Crippen molar-refractivity contribution in [1.82, 2.24) is 0 Å². The summed E-state index contributed by atoms with van der Waals surface area (Å²) in [7, 11) is 0. The summed E-state index contributed by atoms with van der Waals surface area (Å²) in [6, 6.07) is 55.7. The van der Waals surface area contributed by atoms with E-state index in [1.807, 2.05) is 34.0 Å². The molecule has 0 aliphatic heterocycles. The van der Waals surface area contributed by atoms with Crippen molar-refractivity contribution >= 4 is 91.3 Å². The van der Waals surface area contributed by atoms with Gasteiger partial charge in [0.15, 0.2) is 0 Å². The van der Waals surface area contributed by atoms with Crippen LogP contribution in [0.25, 0.3) is 67.5 Å². The van der Waals surface area contributed by atoms with Crippen molar-refractivity contribution in [3.63, 3.8) is 0 Å². The van der Waals surface area contributed by atoms with Crippen LogP contribution >= 0.6 is 34.0 Å². The minimum absolute atomic E-state index is 0.893. The quantitative estimate of drug-likeness (QED) is 0.166. The molecule has 51 heavy (non-hydrogen) atoms. The summed E-state index contributed by atoms with van der Waals surface area (Å²) in [6.07, 6.45) is 10.1. The van der Waals surface area contributed by atoms with Gasteiger partial charge in [-0.2, -0.15) is 0 Å². The summed E-state index contributed by atoms with van der Waals surface area (Å²) in [4.78, 5) is 5.00. The lowest BCUT2D eigenvalue weighted by Gasteiger charge is -2.26. The molecule has 1 aliphatic rings. The molecule has 10 rings (SSSR count). The maximum Gasteiger partial charge on any atom is 0.0462 e. The Kier molecular flexibility index (Phi) is 7.53. The van der Waals surface area contributed by atoms with Crippen LogP contribution in [0.4, 0.5) is 11.4 Å². The van der Waals surface area contributed by atoms with Gasteiger partial charge in [0, 0.05) is 56.4 Å². The first kappa shape index (κ1) is 30.3. The molecule has 6 aromatic carbocycles. The van der Waals surface area contributed by atoms with Gasteiger partial charge >= 0.3 is 0 Å². The van der Waals surface area contributed by atoms with Crippen molar-refractivity contribution in [3.05, 3.63) is 187 Å². The molecule has 4 heteroatoms. The fourth-order valence-corrected chi connectivity index (χ4v) is 10.4. The molecule has 0 spiro atoms. The summed E-state index contributed by atoms with van der Waals surface area (Å²) >= 11 is 5.59. The normalized spacial score (nSPS) is 13.2. The summed E-state index contributed by atoms with van der Waals surface area (Å²) in [6.45, 7) is 0. The fourth-order valence-electron chi connectivity index (χ4n) is 7.14. The SMILES string of the molecule is C1=CC(N(c2ccc(-c3ccc4sc5ccccc5c4c3)cc2)c2ccc(-c3cc4ccccc4s3)cc2)=CC=C(c2cc3ccccc3s2)C1. The lowest BCUT2D eigenvalue weighted by Crippen LogP contribution is -2.15. The first-order valence-corrected chi connectivity index (χ1v) is 19.7. The molecule has 0 N–H and O–H groups in total. The van der Waals surface area contributed by atoms with Crippen LogP contribution in [0, 0.1) is 0 Å². The van der Waals surface area contributed by atoms with E-state index in [2.05, 4.69) is 181 Å². The van der Waals surface area contributed by atoms with Crippen molar-refractivity contribution in [2.24, 2.45) is 0 Å². The van der Waals surface area contributed by atoms with Crippen molar-refractivity contribution in [2.75, 3.05) is 4.90 Å². The number of allylic oxidation sites excluding steroid dienone is 5. The van der Waals surface area contributed by atoms with Gasteiger partial charge in [-0.15, -0.1) is 34.0 Å². The van der Waals surface area contributed by atoms with E-state index in [0.29, 0.717) is 0 Å². The average Bonchev–Trinajstić information content (AvgIpc) is 3.86. The molecule has 3 heterocycles. The molecule has 3 aromatic heterocycles. The van der Waals surface area contributed by atoms with E-state index in [4.69, 9.17) is 0 Å². The first-order chi connectivity index (χ1) is 25.2. The predicted octanol–water partition coefficient (Wildman–Crippen LogP) is 14.9. The largest absolute Gasteiger partial charge is 0.311 e. The van der Waals surface area contributed by atoms with Crippen LogP contribution in [-0.4, -0.2) is 0 Å². The highest BCUT2D eigenvalue weighted by Gasteiger charge is 2.17. The van der Waals surface area contributed by atoms with Crippen molar-refractivity contribution in [3.8, 4) is 21.6 Å². The van der Waals surface area contributed by atoms with E-state index in [0.717, 1.165) is 23.5 Å². The number of nitrogens with zero attached hydrogens (tertiary/aromatic N) is 1. The molecule has 1 nitrogen and oxygen atoms in total. The molecule has 0 atom stereocenters. The second-order valence-electron chi connectivity index (χ2n) is 12.9. The number of hydrogen-bond acceptors (Lipinski definition) is 4. The Hall–Kier alpha value is -5.52. The van der Waals surface area contributed by atoms with Crippen LogP contribution in [0.2, 0.25) is 0 Å². The predicted molar refractivity (Wildman–Crippen MR) is 226 cm³/mol. The Bertz CT molecular complexity index is 2760. The third-order valence-electron chi connectivity index (χ3n) is 9.75. The summed E-state index contributed by atoms with van der Waals surface area (Å²) < 4.78 is 5.32. The Morgan fingerprint density at radius 2 is 1.02 bits per heavy atom. The Morgan fingerprint density at radius 3 is 1.75 bits per heavy atom. The summed E-state index contributed by atoms with van der Waals surface area (Å²) in [5, 5.41) is 5.26. The van der Waals surface area contributed by atoms with Gasteiger partial charge in [0.1, 0.15) is 0 Å². The molecular weight excluding hydrogens is 675 g/mol. The zero-order valence-corrected chi connectivity index (χ0v) is 30.1. The van der Waals surface area contributed by atoms with Gasteiger partial charge in [-0.25, -0.2) is 0 Å². The molecule has 0 fully saturated rings. The molecule has 0 saturated carbocycles. The van der Waals surface area contributed by atoms with Crippen molar-refractivity contribution in [1.29, 1.82) is 0 Å². The maximum atomic E-state index is 2.38. The highest BCUT2D eigenvalue weighted by atomic mass is 32.1. The number of fused-ring (bicyclic) bond motifs is 5. The Labute approximate surface area is 309 Å². The zero-order valence-electron chi connectivity index (χ0n) is 27.6. The third kappa shape index (κ3) is 5.62. The lowest BCUT2D eigenvalue weighted by atomic mass is 10.0. The van der Waals surface area contributed by atoms with Gasteiger partial charge in [-0.3, -0.25) is 0 Å². The lowest BCUT2D eigenvalue weighted by molar-refractivity contribution is 1.21. The molecule has 0 saturated heterocycles. The highest BCUT2D eigenvalue weighted by Crippen LogP contribution is 2.40. The van der Waals surface area contributed by atoms with Crippen molar-refractivity contribution in [2.45, 2.75) is 6.42 Å². The van der Waals surface area contributed by atoms with E-state index in [-0.39, 0.29) is 0 Å². The fraction of sp³-hybridized carbons (Fsp3) is 0.0213. The minimum Gasteiger partial charge on any atom is -0.311 e. The van der Waals surface area contributed by atoms with Gasteiger partial charge < -0.3 is 4.90 Å². The van der Waals surface area contributed by atoms with E-state index in [1.165, 1.54) is 72.4 Å². The number of hydrogen-bond donors (Lipinski definition) is 0. The number of anilines is 2. The van der Waals surface area contributed by atoms with Crippen LogP contribution in [0.1, 0.15) is 11.3 Å². The molecule has 1 aliphatic carbocycles.